The number of carbonyl (C=O) groups excluding carboxylic acids is 2. The summed E-state index contributed by atoms with van der Waals surface area (Å²) in [7, 11) is 0. The number of ether oxygens (including phenoxy) is 2. The van der Waals surface area contributed by atoms with E-state index in [1.807, 2.05) is 30.3 Å². The SMILES string of the molecule is CCCC[C@@H](C)C[C@H](C(=O)OCc1ccccc1)C(N)C(=O)OC(C)(C)C. The molecule has 152 valence electrons. The lowest BCUT2D eigenvalue weighted by Crippen LogP contribution is -2.46. The Morgan fingerprint density at radius 1 is 1.11 bits per heavy atom. The van der Waals surface area contributed by atoms with E-state index in [4.69, 9.17) is 15.2 Å². The van der Waals surface area contributed by atoms with Gasteiger partial charge in [0.05, 0.1) is 5.92 Å². The van der Waals surface area contributed by atoms with Gasteiger partial charge in [-0.05, 0) is 38.7 Å². The highest BCUT2D eigenvalue weighted by Crippen LogP contribution is 2.23. The summed E-state index contributed by atoms with van der Waals surface area (Å²) in [6, 6.07) is 8.43. The molecule has 2 N–H and O–H groups in total. The molecule has 27 heavy (non-hydrogen) atoms. The number of nitrogens with two attached hydrogens (primary N) is 1. The van der Waals surface area contributed by atoms with Crippen LogP contribution in [0.3, 0.4) is 0 Å². The average Bonchev–Trinajstić information content (AvgIpc) is 2.61. The first-order chi connectivity index (χ1) is 12.6. The van der Waals surface area contributed by atoms with Crippen LogP contribution in [0.25, 0.3) is 0 Å². The van der Waals surface area contributed by atoms with Gasteiger partial charge in [-0.1, -0.05) is 63.4 Å². The summed E-state index contributed by atoms with van der Waals surface area (Å²) < 4.78 is 10.9. The predicted octanol–water partition coefficient (Wildman–Crippen LogP) is 4.23. The third kappa shape index (κ3) is 9.05. The van der Waals surface area contributed by atoms with Crippen LogP contribution in [0.15, 0.2) is 30.3 Å². The minimum Gasteiger partial charge on any atom is -0.461 e. The summed E-state index contributed by atoms with van der Waals surface area (Å²) >= 11 is 0. The highest BCUT2D eigenvalue weighted by atomic mass is 16.6. The number of carbonyl (C=O) groups is 2. The largest absolute Gasteiger partial charge is 0.461 e. The van der Waals surface area contributed by atoms with Crippen molar-refractivity contribution < 1.29 is 19.1 Å². The molecule has 0 aromatic heterocycles. The van der Waals surface area contributed by atoms with Crippen LogP contribution < -0.4 is 5.73 Å². The van der Waals surface area contributed by atoms with Gasteiger partial charge >= 0.3 is 11.9 Å². The number of unbranched alkanes of at least 4 members (excludes halogenated alkanes) is 1. The van der Waals surface area contributed by atoms with Crippen molar-refractivity contribution in [2.75, 3.05) is 0 Å². The fourth-order valence-corrected chi connectivity index (χ4v) is 2.86. The summed E-state index contributed by atoms with van der Waals surface area (Å²) in [6.45, 7) is 9.72. The van der Waals surface area contributed by atoms with Gasteiger partial charge in [0, 0.05) is 0 Å². The second-order valence-electron chi connectivity index (χ2n) is 8.24. The predicted molar refractivity (Wildman–Crippen MR) is 107 cm³/mol. The fraction of sp³-hybridized carbons (Fsp3) is 0.636. The van der Waals surface area contributed by atoms with Crippen molar-refractivity contribution >= 4 is 11.9 Å². The van der Waals surface area contributed by atoms with E-state index in [1.165, 1.54) is 0 Å². The Morgan fingerprint density at radius 2 is 1.74 bits per heavy atom. The number of esters is 2. The van der Waals surface area contributed by atoms with Crippen LogP contribution in [-0.4, -0.2) is 23.6 Å². The monoisotopic (exact) mass is 377 g/mol. The summed E-state index contributed by atoms with van der Waals surface area (Å²) in [6.07, 6.45) is 3.66. The first-order valence-corrected chi connectivity index (χ1v) is 9.83. The lowest BCUT2D eigenvalue weighted by Gasteiger charge is -2.27. The van der Waals surface area contributed by atoms with Gasteiger partial charge < -0.3 is 15.2 Å². The molecule has 0 heterocycles. The molecule has 0 amide bonds. The van der Waals surface area contributed by atoms with E-state index < -0.39 is 29.5 Å². The Bertz CT molecular complexity index is 580. The molecule has 1 aromatic carbocycles. The molecular weight excluding hydrogens is 342 g/mol. The zero-order valence-electron chi connectivity index (χ0n) is 17.4. The molecule has 1 rings (SSSR count). The highest BCUT2D eigenvalue weighted by Gasteiger charge is 2.35. The molecule has 1 unspecified atom stereocenters. The molecule has 5 heteroatoms. The summed E-state index contributed by atoms with van der Waals surface area (Å²) in [4.78, 5) is 25.1. The molecule has 3 atom stereocenters. The van der Waals surface area contributed by atoms with Gasteiger partial charge in [-0.2, -0.15) is 0 Å². The van der Waals surface area contributed by atoms with Gasteiger partial charge in [0.15, 0.2) is 0 Å². The molecule has 0 saturated carbocycles. The van der Waals surface area contributed by atoms with Crippen LogP contribution in [0.4, 0.5) is 0 Å². The molecule has 0 aliphatic heterocycles. The van der Waals surface area contributed by atoms with Crippen LogP contribution in [-0.2, 0) is 25.7 Å². The lowest BCUT2D eigenvalue weighted by atomic mass is 9.87. The minimum absolute atomic E-state index is 0.167. The van der Waals surface area contributed by atoms with Gasteiger partial charge in [0.2, 0.25) is 0 Å². The fourth-order valence-electron chi connectivity index (χ4n) is 2.86. The van der Waals surface area contributed by atoms with Gasteiger partial charge in [-0.15, -0.1) is 0 Å². The molecule has 0 bridgehead atoms. The normalized spacial score (nSPS) is 14.9. The van der Waals surface area contributed by atoms with Gasteiger partial charge in [0.1, 0.15) is 18.2 Å². The summed E-state index contributed by atoms with van der Waals surface area (Å²) in [5.74, 6) is -1.45. The number of hydrogen-bond donors (Lipinski definition) is 1. The van der Waals surface area contributed by atoms with Crippen molar-refractivity contribution in [2.24, 2.45) is 17.6 Å². The van der Waals surface area contributed by atoms with Gasteiger partial charge in [0.25, 0.3) is 0 Å². The second-order valence-corrected chi connectivity index (χ2v) is 8.24. The molecule has 5 nitrogen and oxygen atoms in total. The van der Waals surface area contributed by atoms with Crippen LogP contribution >= 0.6 is 0 Å². The van der Waals surface area contributed by atoms with Crippen LogP contribution in [0.2, 0.25) is 0 Å². The third-order valence-corrected chi connectivity index (χ3v) is 4.35. The number of benzene rings is 1. The van der Waals surface area contributed by atoms with Crippen LogP contribution in [0.1, 0.15) is 65.9 Å². The quantitative estimate of drug-likeness (QED) is 0.617. The third-order valence-electron chi connectivity index (χ3n) is 4.35. The number of rotatable bonds is 10. The van der Waals surface area contributed by atoms with Crippen LogP contribution in [0, 0.1) is 11.8 Å². The Labute approximate surface area is 163 Å². The van der Waals surface area contributed by atoms with Gasteiger partial charge in [-0.3, -0.25) is 9.59 Å². The van der Waals surface area contributed by atoms with Crippen molar-refractivity contribution in [1.82, 2.24) is 0 Å². The average molecular weight is 378 g/mol. The Balaban J connectivity index is 2.81. The molecule has 0 fully saturated rings. The molecular formula is C22H35NO4. The van der Waals surface area contributed by atoms with Crippen molar-refractivity contribution in [2.45, 2.75) is 78.6 Å². The minimum atomic E-state index is -1.03. The molecule has 0 aliphatic rings. The zero-order chi connectivity index (χ0) is 20.4. The molecule has 0 saturated heterocycles. The topological polar surface area (TPSA) is 78.6 Å². The lowest BCUT2D eigenvalue weighted by molar-refractivity contribution is -0.164. The van der Waals surface area contributed by atoms with Crippen molar-refractivity contribution in [1.29, 1.82) is 0 Å². The molecule has 1 aromatic rings. The summed E-state index contributed by atoms with van der Waals surface area (Å²) in [5, 5.41) is 0. The first-order valence-electron chi connectivity index (χ1n) is 9.83. The van der Waals surface area contributed by atoms with E-state index >= 15 is 0 Å². The first kappa shape index (κ1) is 23.2. The van der Waals surface area contributed by atoms with Gasteiger partial charge in [-0.25, -0.2) is 0 Å². The second kappa shape index (κ2) is 11.1. The van der Waals surface area contributed by atoms with Crippen molar-refractivity contribution in [3.8, 4) is 0 Å². The number of hydrogen-bond acceptors (Lipinski definition) is 5. The maximum atomic E-state index is 12.7. The van der Waals surface area contributed by atoms with E-state index in [0.717, 1.165) is 24.8 Å². The zero-order valence-corrected chi connectivity index (χ0v) is 17.4. The Kier molecular flexibility index (Phi) is 9.50. The smallest absolute Gasteiger partial charge is 0.324 e. The van der Waals surface area contributed by atoms with E-state index in [1.54, 1.807) is 20.8 Å². The highest BCUT2D eigenvalue weighted by molar-refractivity contribution is 5.84. The maximum absolute atomic E-state index is 12.7. The van der Waals surface area contributed by atoms with E-state index in [-0.39, 0.29) is 12.5 Å². The van der Waals surface area contributed by atoms with Crippen molar-refractivity contribution in [3.63, 3.8) is 0 Å². The standard InChI is InChI=1S/C22H35NO4/c1-6-7-11-16(2)14-18(19(23)21(25)27-22(3,4)5)20(24)26-15-17-12-9-8-10-13-17/h8-10,12-13,16,18-19H,6-7,11,14-15,23H2,1-5H3/t16-,18+,19?/m1/s1. The molecule has 0 spiro atoms. The van der Waals surface area contributed by atoms with E-state index in [2.05, 4.69) is 13.8 Å². The van der Waals surface area contributed by atoms with E-state index in [0.29, 0.717) is 6.42 Å². The van der Waals surface area contributed by atoms with Crippen LogP contribution in [0.5, 0.6) is 0 Å². The summed E-state index contributed by atoms with van der Waals surface area (Å²) in [5.41, 5.74) is 6.39. The Morgan fingerprint density at radius 3 is 2.30 bits per heavy atom. The maximum Gasteiger partial charge on any atom is 0.324 e. The molecule has 0 aliphatic carbocycles. The van der Waals surface area contributed by atoms with E-state index in [9.17, 15) is 9.59 Å². The van der Waals surface area contributed by atoms with Crippen molar-refractivity contribution in [3.05, 3.63) is 35.9 Å². The molecule has 0 radical (unpaired) electrons. The Hall–Kier alpha value is -1.88.